The number of nitrogens with one attached hydrogen (secondary N) is 1. The summed E-state index contributed by atoms with van der Waals surface area (Å²) in [5, 5.41) is 23.1. The number of nitro groups is 1. The van der Waals surface area contributed by atoms with Crippen LogP contribution in [-0.4, -0.2) is 20.9 Å². The number of anilines is 1. The number of aliphatic hydroxyl groups is 1. The van der Waals surface area contributed by atoms with Crippen LogP contribution in [0, 0.1) is 10.1 Å². The van der Waals surface area contributed by atoms with Crippen LogP contribution in [0.3, 0.4) is 0 Å². The maximum absolute atomic E-state index is 12.0. The average molecular weight is 299 g/mol. The molecule has 1 amide bonds. The molecule has 0 saturated carbocycles. The second-order valence-electron chi connectivity index (χ2n) is 4.47. The number of amides is 1. The van der Waals surface area contributed by atoms with Gasteiger partial charge in [-0.2, -0.15) is 0 Å². The largest absolute Gasteiger partial charge is 0.383 e. The normalized spacial score (nSPS) is 11.5. The molecule has 7 heteroatoms. The Hall–Kier alpha value is -3.06. The zero-order chi connectivity index (χ0) is 16.1. The van der Waals surface area contributed by atoms with Gasteiger partial charge in [0.25, 0.3) is 11.6 Å². The SMILES string of the molecule is C=C(C(=O)Nc1ccc([N+](=O)[O-])cc1)C(O)c1cccnc1. The van der Waals surface area contributed by atoms with Gasteiger partial charge in [0, 0.05) is 41.4 Å². The smallest absolute Gasteiger partial charge is 0.269 e. The van der Waals surface area contributed by atoms with E-state index in [1.807, 2.05) is 0 Å². The molecule has 0 aliphatic carbocycles. The summed E-state index contributed by atoms with van der Waals surface area (Å²) in [4.78, 5) is 25.9. The Bertz CT molecular complexity index is 698. The zero-order valence-electron chi connectivity index (χ0n) is 11.5. The van der Waals surface area contributed by atoms with Crippen LogP contribution in [0.4, 0.5) is 11.4 Å². The molecule has 1 aromatic heterocycles. The number of non-ortho nitro benzene ring substituents is 1. The van der Waals surface area contributed by atoms with Gasteiger partial charge in [0.05, 0.1) is 4.92 Å². The van der Waals surface area contributed by atoms with Crippen LogP contribution in [0.1, 0.15) is 11.7 Å². The number of aliphatic hydroxyl groups excluding tert-OH is 1. The summed E-state index contributed by atoms with van der Waals surface area (Å²) in [6, 6.07) is 8.62. The highest BCUT2D eigenvalue weighted by atomic mass is 16.6. The number of pyridine rings is 1. The minimum atomic E-state index is -1.17. The minimum absolute atomic E-state index is 0.0497. The number of nitro benzene ring substituents is 1. The summed E-state index contributed by atoms with van der Waals surface area (Å²) in [7, 11) is 0. The zero-order valence-corrected chi connectivity index (χ0v) is 11.5. The number of rotatable bonds is 5. The highest BCUT2D eigenvalue weighted by Crippen LogP contribution is 2.21. The molecule has 2 N–H and O–H groups in total. The van der Waals surface area contributed by atoms with Crippen molar-refractivity contribution in [3.8, 4) is 0 Å². The maximum atomic E-state index is 12.0. The summed E-state index contributed by atoms with van der Waals surface area (Å²) in [5.74, 6) is -0.579. The molecule has 0 saturated heterocycles. The Morgan fingerprint density at radius 3 is 2.55 bits per heavy atom. The van der Waals surface area contributed by atoms with Crippen molar-refractivity contribution in [3.05, 3.63) is 76.6 Å². The lowest BCUT2D eigenvalue weighted by molar-refractivity contribution is -0.384. The van der Waals surface area contributed by atoms with Crippen molar-refractivity contribution >= 4 is 17.3 Å². The van der Waals surface area contributed by atoms with Gasteiger partial charge in [-0.1, -0.05) is 12.6 Å². The predicted molar refractivity (Wildman–Crippen MR) is 80.1 cm³/mol. The van der Waals surface area contributed by atoms with E-state index in [9.17, 15) is 20.0 Å². The summed E-state index contributed by atoms with van der Waals surface area (Å²) >= 11 is 0. The van der Waals surface area contributed by atoms with Crippen LogP contribution >= 0.6 is 0 Å². The fraction of sp³-hybridized carbons (Fsp3) is 0.0667. The molecule has 1 heterocycles. The fourth-order valence-corrected chi connectivity index (χ4v) is 1.74. The first-order valence-corrected chi connectivity index (χ1v) is 6.31. The lowest BCUT2D eigenvalue weighted by atomic mass is 10.0. The minimum Gasteiger partial charge on any atom is -0.383 e. The standard InChI is InChI=1S/C15H13N3O4/c1-10(14(19)11-3-2-8-16-9-11)15(20)17-12-4-6-13(7-5-12)18(21)22/h2-9,14,19H,1H2,(H,17,20). The number of aromatic nitrogens is 1. The Balaban J connectivity index is 2.05. The molecule has 0 spiro atoms. The summed E-state index contributed by atoms with van der Waals surface area (Å²) in [5.41, 5.74) is 0.694. The third kappa shape index (κ3) is 3.53. The highest BCUT2D eigenvalue weighted by Gasteiger charge is 2.18. The van der Waals surface area contributed by atoms with Crippen LogP contribution in [0.2, 0.25) is 0 Å². The van der Waals surface area contributed by atoms with E-state index in [0.717, 1.165) is 0 Å². The second kappa shape index (κ2) is 6.59. The second-order valence-corrected chi connectivity index (χ2v) is 4.47. The molecule has 1 atom stereocenters. The molecule has 2 rings (SSSR count). The van der Waals surface area contributed by atoms with Gasteiger partial charge in [-0.25, -0.2) is 0 Å². The van der Waals surface area contributed by atoms with Gasteiger partial charge >= 0.3 is 0 Å². The molecular weight excluding hydrogens is 286 g/mol. The van der Waals surface area contributed by atoms with Crippen molar-refractivity contribution in [2.45, 2.75) is 6.10 Å². The van der Waals surface area contributed by atoms with Crippen molar-refractivity contribution in [1.29, 1.82) is 0 Å². The van der Waals surface area contributed by atoms with E-state index in [2.05, 4.69) is 16.9 Å². The van der Waals surface area contributed by atoms with Crippen molar-refractivity contribution < 1.29 is 14.8 Å². The predicted octanol–water partition coefficient (Wildman–Crippen LogP) is 2.22. The lowest BCUT2D eigenvalue weighted by Gasteiger charge is -2.13. The van der Waals surface area contributed by atoms with E-state index >= 15 is 0 Å². The Morgan fingerprint density at radius 1 is 1.32 bits per heavy atom. The van der Waals surface area contributed by atoms with Crippen LogP contribution in [-0.2, 0) is 4.79 Å². The topological polar surface area (TPSA) is 105 Å². The molecule has 0 aliphatic rings. The molecule has 2 aromatic rings. The average Bonchev–Trinajstić information content (AvgIpc) is 2.54. The van der Waals surface area contributed by atoms with Crippen molar-refractivity contribution in [2.75, 3.05) is 5.32 Å². The van der Waals surface area contributed by atoms with E-state index in [0.29, 0.717) is 11.3 Å². The summed E-state index contributed by atoms with van der Waals surface area (Å²) in [6.07, 6.45) is 1.82. The molecule has 22 heavy (non-hydrogen) atoms. The van der Waals surface area contributed by atoms with Gasteiger partial charge < -0.3 is 10.4 Å². The van der Waals surface area contributed by atoms with Crippen LogP contribution in [0.15, 0.2) is 60.9 Å². The molecule has 1 aromatic carbocycles. The number of hydrogen-bond acceptors (Lipinski definition) is 5. The highest BCUT2D eigenvalue weighted by molar-refractivity contribution is 6.04. The van der Waals surface area contributed by atoms with Gasteiger partial charge in [0.2, 0.25) is 0 Å². The first-order valence-electron chi connectivity index (χ1n) is 6.31. The van der Waals surface area contributed by atoms with E-state index in [-0.39, 0.29) is 11.3 Å². The third-order valence-corrected chi connectivity index (χ3v) is 2.96. The molecule has 0 aliphatic heterocycles. The van der Waals surface area contributed by atoms with Crippen LogP contribution < -0.4 is 5.32 Å². The van der Waals surface area contributed by atoms with Gasteiger partial charge in [0.1, 0.15) is 6.10 Å². The van der Waals surface area contributed by atoms with Gasteiger partial charge in [0.15, 0.2) is 0 Å². The number of hydrogen-bond donors (Lipinski definition) is 2. The van der Waals surface area contributed by atoms with Crippen LogP contribution in [0.5, 0.6) is 0 Å². The number of nitrogens with zero attached hydrogens (tertiary/aromatic N) is 2. The first-order chi connectivity index (χ1) is 10.5. The van der Waals surface area contributed by atoms with E-state index in [1.54, 1.807) is 18.3 Å². The molecule has 1 unspecified atom stereocenters. The fourth-order valence-electron chi connectivity index (χ4n) is 1.74. The molecule has 112 valence electrons. The quantitative estimate of drug-likeness (QED) is 0.500. The Labute approximate surface area is 126 Å². The van der Waals surface area contributed by atoms with E-state index in [1.165, 1.54) is 30.5 Å². The summed E-state index contributed by atoms with van der Waals surface area (Å²) < 4.78 is 0. The van der Waals surface area contributed by atoms with E-state index < -0.39 is 16.9 Å². The van der Waals surface area contributed by atoms with E-state index in [4.69, 9.17) is 0 Å². The summed E-state index contributed by atoms with van der Waals surface area (Å²) in [6.45, 7) is 3.57. The first kappa shape index (κ1) is 15.3. The van der Waals surface area contributed by atoms with Crippen molar-refractivity contribution in [3.63, 3.8) is 0 Å². The number of carbonyl (C=O) groups is 1. The van der Waals surface area contributed by atoms with Crippen molar-refractivity contribution in [1.82, 2.24) is 4.98 Å². The molecule has 0 bridgehead atoms. The molecule has 7 nitrogen and oxygen atoms in total. The monoisotopic (exact) mass is 299 g/mol. The molecule has 0 radical (unpaired) electrons. The Morgan fingerprint density at radius 2 is 2.00 bits per heavy atom. The molecule has 0 fully saturated rings. The number of benzene rings is 1. The van der Waals surface area contributed by atoms with Gasteiger partial charge in [-0.3, -0.25) is 19.9 Å². The van der Waals surface area contributed by atoms with Gasteiger partial charge in [-0.05, 0) is 18.2 Å². The number of carbonyl (C=O) groups excluding carboxylic acids is 1. The van der Waals surface area contributed by atoms with Crippen LogP contribution in [0.25, 0.3) is 0 Å². The third-order valence-electron chi connectivity index (χ3n) is 2.96. The van der Waals surface area contributed by atoms with Crippen molar-refractivity contribution in [2.24, 2.45) is 0 Å². The maximum Gasteiger partial charge on any atom is 0.269 e. The molecular formula is C15H13N3O4. The van der Waals surface area contributed by atoms with Gasteiger partial charge in [-0.15, -0.1) is 0 Å². The lowest BCUT2D eigenvalue weighted by Crippen LogP contribution is -2.18. The Kier molecular flexibility index (Phi) is 4.60.